The number of carbonyl (C=O) groups is 1. The van der Waals surface area contributed by atoms with Crippen molar-refractivity contribution in [3.63, 3.8) is 0 Å². The zero-order valence-corrected chi connectivity index (χ0v) is 11.8. The van der Waals surface area contributed by atoms with Crippen molar-refractivity contribution < 1.29 is 14.3 Å². The second-order valence-corrected chi connectivity index (χ2v) is 4.23. The van der Waals surface area contributed by atoms with Gasteiger partial charge in [-0.2, -0.15) is 0 Å². The van der Waals surface area contributed by atoms with Crippen LogP contribution in [0.4, 0.5) is 0 Å². The molecule has 1 aromatic rings. The van der Waals surface area contributed by atoms with Gasteiger partial charge in [-0.3, -0.25) is 9.69 Å². The Morgan fingerprint density at radius 3 is 2.63 bits per heavy atom. The van der Waals surface area contributed by atoms with E-state index in [4.69, 9.17) is 10.5 Å². The second-order valence-electron chi connectivity index (χ2n) is 4.23. The number of nitrogens with zero attached hydrogens (tertiary/aromatic N) is 1. The van der Waals surface area contributed by atoms with E-state index in [1.165, 1.54) is 7.11 Å². The number of rotatable bonds is 7. The van der Waals surface area contributed by atoms with Crippen LogP contribution in [0.15, 0.2) is 18.2 Å². The summed E-state index contributed by atoms with van der Waals surface area (Å²) in [5.41, 5.74) is 7.72. The SMILES string of the molecule is CCN(CC(=O)OC)Cc1cc(CN)ccc1OC. The third-order valence-electron chi connectivity index (χ3n) is 3.00. The van der Waals surface area contributed by atoms with Gasteiger partial charge < -0.3 is 15.2 Å². The molecule has 106 valence electrons. The monoisotopic (exact) mass is 266 g/mol. The fourth-order valence-electron chi connectivity index (χ4n) is 1.85. The summed E-state index contributed by atoms with van der Waals surface area (Å²) in [4.78, 5) is 13.3. The van der Waals surface area contributed by atoms with Gasteiger partial charge in [0.1, 0.15) is 5.75 Å². The van der Waals surface area contributed by atoms with Gasteiger partial charge in [-0.25, -0.2) is 0 Å². The molecule has 0 aliphatic rings. The van der Waals surface area contributed by atoms with Crippen molar-refractivity contribution in [2.45, 2.75) is 20.0 Å². The lowest BCUT2D eigenvalue weighted by Crippen LogP contribution is -2.30. The van der Waals surface area contributed by atoms with E-state index < -0.39 is 0 Å². The van der Waals surface area contributed by atoms with Crippen LogP contribution in [0.2, 0.25) is 0 Å². The molecule has 0 saturated heterocycles. The minimum atomic E-state index is -0.240. The summed E-state index contributed by atoms with van der Waals surface area (Å²) in [5.74, 6) is 0.566. The normalized spacial score (nSPS) is 10.6. The minimum Gasteiger partial charge on any atom is -0.496 e. The maximum Gasteiger partial charge on any atom is 0.319 e. The zero-order chi connectivity index (χ0) is 14.3. The summed E-state index contributed by atoms with van der Waals surface area (Å²) in [7, 11) is 3.03. The van der Waals surface area contributed by atoms with Gasteiger partial charge in [0.2, 0.25) is 0 Å². The van der Waals surface area contributed by atoms with E-state index >= 15 is 0 Å². The van der Waals surface area contributed by atoms with Crippen molar-refractivity contribution in [3.05, 3.63) is 29.3 Å². The van der Waals surface area contributed by atoms with E-state index in [-0.39, 0.29) is 12.5 Å². The number of methoxy groups -OCH3 is 2. The van der Waals surface area contributed by atoms with Crippen molar-refractivity contribution in [1.29, 1.82) is 0 Å². The first-order valence-corrected chi connectivity index (χ1v) is 6.29. The molecule has 0 atom stereocenters. The molecule has 5 nitrogen and oxygen atoms in total. The Morgan fingerprint density at radius 1 is 1.37 bits per heavy atom. The molecule has 0 saturated carbocycles. The van der Waals surface area contributed by atoms with Crippen molar-refractivity contribution >= 4 is 5.97 Å². The van der Waals surface area contributed by atoms with Crippen LogP contribution >= 0.6 is 0 Å². The summed E-state index contributed by atoms with van der Waals surface area (Å²) in [6, 6.07) is 5.86. The molecular formula is C14H22N2O3. The predicted molar refractivity (Wildman–Crippen MR) is 73.9 cm³/mol. The van der Waals surface area contributed by atoms with Crippen molar-refractivity contribution in [3.8, 4) is 5.75 Å². The predicted octanol–water partition coefficient (Wildman–Crippen LogP) is 1.15. The first-order valence-electron chi connectivity index (χ1n) is 6.29. The molecule has 0 fully saturated rings. The largest absolute Gasteiger partial charge is 0.496 e. The highest BCUT2D eigenvalue weighted by Gasteiger charge is 2.12. The topological polar surface area (TPSA) is 64.8 Å². The average molecular weight is 266 g/mol. The zero-order valence-electron chi connectivity index (χ0n) is 11.8. The molecule has 2 N–H and O–H groups in total. The van der Waals surface area contributed by atoms with Gasteiger partial charge in [-0.15, -0.1) is 0 Å². The maximum atomic E-state index is 11.3. The molecule has 1 rings (SSSR count). The summed E-state index contributed by atoms with van der Waals surface area (Å²) in [6.07, 6.45) is 0. The number of nitrogens with two attached hydrogens (primary N) is 1. The van der Waals surface area contributed by atoms with Crippen molar-refractivity contribution in [1.82, 2.24) is 4.90 Å². The Hall–Kier alpha value is -1.59. The summed E-state index contributed by atoms with van der Waals surface area (Å²) >= 11 is 0. The van der Waals surface area contributed by atoms with E-state index in [1.54, 1.807) is 7.11 Å². The van der Waals surface area contributed by atoms with Crippen LogP contribution < -0.4 is 10.5 Å². The van der Waals surface area contributed by atoms with Crippen LogP contribution in [0.1, 0.15) is 18.1 Å². The molecule has 0 unspecified atom stereocenters. The van der Waals surface area contributed by atoms with Gasteiger partial charge in [0.05, 0.1) is 20.8 Å². The number of esters is 1. The molecule has 0 amide bonds. The highest BCUT2D eigenvalue weighted by atomic mass is 16.5. The number of hydrogen-bond donors (Lipinski definition) is 1. The molecule has 0 aliphatic carbocycles. The Labute approximate surface area is 114 Å². The van der Waals surface area contributed by atoms with Crippen molar-refractivity contribution in [2.75, 3.05) is 27.3 Å². The number of hydrogen-bond acceptors (Lipinski definition) is 5. The van der Waals surface area contributed by atoms with Crippen LogP contribution in [0.25, 0.3) is 0 Å². The fourth-order valence-corrected chi connectivity index (χ4v) is 1.85. The van der Waals surface area contributed by atoms with Gasteiger partial charge in [-0.1, -0.05) is 13.0 Å². The lowest BCUT2D eigenvalue weighted by atomic mass is 10.1. The Morgan fingerprint density at radius 2 is 2.11 bits per heavy atom. The van der Waals surface area contributed by atoms with Crippen molar-refractivity contribution in [2.24, 2.45) is 5.73 Å². The molecule has 19 heavy (non-hydrogen) atoms. The summed E-state index contributed by atoms with van der Waals surface area (Å²) < 4.78 is 10.0. The molecule has 5 heteroatoms. The summed E-state index contributed by atoms with van der Waals surface area (Å²) in [6.45, 7) is 4.14. The van der Waals surface area contributed by atoms with E-state index in [1.807, 2.05) is 30.0 Å². The van der Waals surface area contributed by atoms with Gasteiger partial charge in [0.25, 0.3) is 0 Å². The highest BCUT2D eigenvalue weighted by molar-refractivity contribution is 5.71. The summed E-state index contributed by atoms with van der Waals surface area (Å²) in [5, 5.41) is 0. The first kappa shape index (κ1) is 15.5. The van der Waals surface area contributed by atoms with E-state index in [0.717, 1.165) is 23.4 Å². The fraction of sp³-hybridized carbons (Fsp3) is 0.500. The van der Waals surface area contributed by atoms with E-state index in [2.05, 4.69) is 4.74 Å². The quantitative estimate of drug-likeness (QED) is 0.750. The number of likely N-dealkylation sites (N-methyl/N-ethyl adjacent to an activating group) is 1. The van der Waals surface area contributed by atoms with Gasteiger partial charge in [0, 0.05) is 18.7 Å². The third kappa shape index (κ3) is 4.54. The minimum absolute atomic E-state index is 0.240. The Bertz CT molecular complexity index is 421. The smallest absolute Gasteiger partial charge is 0.319 e. The lowest BCUT2D eigenvalue weighted by Gasteiger charge is -2.20. The molecule has 0 aromatic heterocycles. The molecular weight excluding hydrogens is 244 g/mol. The van der Waals surface area contributed by atoms with Crippen LogP contribution in [-0.4, -0.2) is 38.2 Å². The molecule has 0 radical (unpaired) electrons. The Balaban J connectivity index is 2.85. The number of ether oxygens (including phenoxy) is 2. The molecule has 0 heterocycles. The van der Waals surface area contributed by atoms with Crippen LogP contribution in [0, 0.1) is 0 Å². The van der Waals surface area contributed by atoms with E-state index in [0.29, 0.717) is 13.1 Å². The molecule has 0 aliphatic heterocycles. The second kappa shape index (κ2) is 7.76. The van der Waals surface area contributed by atoms with Crippen LogP contribution in [0.3, 0.4) is 0 Å². The van der Waals surface area contributed by atoms with Gasteiger partial charge in [0.15, 0.2) is 0 Å². The number of carbonyl (C=O) groups excluding carboxylic acids is 1. The molecule has 1 aromatic carbocycles. The molecule has 0 bridgehead atoms. The van der Waals surface area contributed by atoms with Crippen LogP contribution in [0.5, 0.6) is 5.75 Å². The maximum absolute atomic E-state index is 11.3. The lowest BCUT2D eigenvalue weighted by molar-refractivity contribution is -0.142. The Kier molecular flexibility index (Phi) is 6.32. The third-order valence-corrected chi connectivity index (χ3v) is 3.00. The average Bonchev–Trinajstić information content (AvgIpc) is 2.45. The highest BCUT2D eigenvalue weighted by Crippen LogP contribution is 2.21. The van der Waals surface area contributed by atoms with Gasteiger partial charge in [-0.05, 0) is 24.2 Å². The first-order chi connectivity index (χ1) is 9.14. The van der Waals surface area contributed by atoms with Gasteiger partial charge >= 0.3 is 5.97 Å². The number of benzene rings is 1. The van der Waals surface area contributed by atoms with Crippen LogP contribution in [-0.2, 0) is 22.6 Å². The standard InChI is InChI=1S/C14H22N2O3/c1-4-16(10-14(17)19-3)9-12-7-11(8-15)5-6-13(12)18-2/h5-7H,4,8-10,15H2,1-3H3. The van der Waals surface area contributed by atoms with E-state index in [9.17, 15) is 4.79 Å². The molecule has 0 spiro atoms.